The molecule has 1 amide bonds. The Labute approximate surface area is 90.0 Å². The summed E-state index contributed by atoms with van der Waals surface area (Å²) in [6.07, 6.45) is 3.19. The predicted octanol–water partition coefficient (Wildman–Crippen LogP) is 1.55. The van der Waals surface area contributed by atoms with Gasteiger partial charge in [0, 0.05) is 12.5 Å². The van der Waals surface area contributed by atoms with Crippen LogP contribution in [0.15, 0.2) is 0 Å². The Morgan fingerprint density at radius 1 is 1.47 bits per heavy atom. The number of hydrogen-bond acceptors (Lipinski definition) is 2. The van der Waals surface area contributed by atoms with Crippen molar-refractivity contribution in [2.75, 3.05) is 0 Å². The summed E-state index contributed by atoms with van der Waals surface area (Å²) in [6.45, 7) is 3.91. The lowest BCUT2D eigenvalue weighted by Gasteiger charge is -2.37. The average Bonchev–Trinajstić information content (AvgIpc) is 2.10. The van der Waals surface area contributed by atoms with Gasteiger partial charge in [0.15, 0.2) is 0 Å². The van der Waals surface area contributed by atoms with E-state index < -0.39 is 11.4 Å². The zero-order valence-corrected chi connectivity index (χ0v) is 9.38. The fourth-order valence-electron chi connectivity index (χ4n) is 1.81. The summed E-state index contributed by atoms with van der Waals surface area (Å²) in [6, 6.07) is 0.128. The average molecular weight is 213 g/mol. The zero-order valence-electron chi connectivity index (χ0n) is 9.38. The first-order chi connectivity index (χ1) is 7.00. The van der Waals surface area contributed by atoms with E-state index in [0.29, 0.717) is 12.8 Å². The second kappa shape index (κ2) is 4.64. The molecule has 15 heavy (non-hydrogen) atoms. The number of aliphatic carboxylic acids is 1. The molecule has 1 atom stereocenters. The third-order valence-electron chi connectivity index (χ3n) is 3.28. The highest BCUT2D eigenvalue weighted by atomic mass is 16.4. The molecular formula is C11H19NO3. The van der Waals surface area contributed by atoms with Crippen LogP contribution in [0, 0.1) is 5.41 Å². The number of hydrogen-bond donors (Lipinski definition) is 2. The Kier molecular flexibility index (Phi) is 3.72. The second-order valence-electron chi connectivity index (χ2n) is 4.49. The monoisotopic (exact) mass is 213 g/mol. The summed E-state index contributed by atoms with van der Waals surface area (Å²) in [4.78, 5) is 22.6. The van der Waals surface area contributed by atoms with Crippen LogP contribution in [0.4, 0.5) is 0 Å². The summed E-state index contributed by atoms with van der Waals surface area (Å²) < 4.78 is 0. The molecule has 0 aromatic carbocycles. The molecule has 0 aromatic heterocycles. The van der Waals surface area contributed by atoms with E-state index in [1.807, 2.05) is 13.8 Å². The van der Waals surface area contributed by atoms with Crippen molar-refractivity contribution in [1.82, 2.24) is 5.32 Å². The lowest BCUT2D eigenvalue weighted by Crippen LogP contribution is -2.44. The largest absolute Gasteiger partial charge is 0.481 e. The Morgan fingerprint density at radius 3 is 2.40 bits per heavy atom. The fraction of sp³-hybridized carbons (Fsp3) is 0.818. The molecule has 1 rings (SSSR count). The van der Waals surface area contributed by atoms with Crippen LogP contribution in [0.1, 0.15) is 46.0 Å². The van der Waals surface area contributed by atoms with Crippen LogP contribution in [0.3, 0.4) is 0 Å². The third kappa shape index (κ3) is 2.70. The molecule has 0 saturated heterocycles. The maximum atomic E-state index is 11.6. The second-order valence-corrected chi connectivity index (χ2v) is 4.49. The Hall–Kier alpha value is -1.06. The first kappa shape index (κ1) is 12.0. The van der Waals surface area contributed by atoms with Gasteiger partial charge in [0.1, 0.15) is 0 Å². The van der Waals surface area contributed by atoms with Crippen molar-refractivity contribution in [2.45, 2.75) is 52.0 Å². The molecule has 86 valence electrons. The van der Waals surface area contributed by atoms with Gasteiger partial charge < -0.3 is 10.4 Å². The van der Waals surface area contributed by atoms with Gasteiger partial charge in [0.25, 0.3) is 0 Å². The van der Waals surface area contributed by atoms with Gasteiger partial charge in [-0.15, -0.1) is 0 Å². The van der Waals surface area contributed by atoms with Gasteiger partial charge >= 0.3 is 5.97 Å². The first-order valence-corrected chi connectivity index (χ1v) is 5.53. The van der Waals surface area contributed by atoms with E-state index in [1.54, 1.807) is 0 Å². The molecule has 1 fully saturated rings. The smallest absolute Gasteiger partial charge is 0.310 e. The fourth-order valence-corrected chi connectivity index (χ4v) is 1.81. The van der Waals surface area contributed by atoms with Crippen LogP contribution >= 0.6 is 0 Å². The van der Waals surface area contributed by atoms with E-state index in [9.17, 15) is 9.59 Å². The van der Waals surface area contributed by atoms with Gasteiger partial charge in [-0.3, -0.25) is 9.59 Å². The Morgan fingerprint density at radius 2 is 2.07 bits per heavy atom. The van der Waals surface area contributed by atoms with Crippen LogP contribution < -0.4 is 5.32 Å². The van der Waals surface area contributed by atoms with E-state index in [1.165, 1.54) is 0 Å². The maximum Gasteiger partial charge on any atom is 0.310 e. The number of carbonyl (C=O) groups excluding carboxylic acids is 1. The van der Waals surface area contributed by atoms with Crippen molar-refractivity contribution in [3.05, 3.63) is 0 Å². The van der Waals surface area contributed by atoms with E-state index in [2.05, 4.69) is 5.32 Å². The van der Waals surface area contributed by atoms with Crippen molar-refractivity contribution in [3.63, 3.8) is 0 Å². The lowest BCUT2D eigenvalue weighted by atomic mass is 9.66. The Balaban J connectivity index is 2.46. The van der Waals surface area contributed by atoms with E-state index in [-0.39, 0.29) is 18.4 Å². The minimum absolute atomic E-state index is 0.128. The topological polar surface area (TPSA) is 66.4 Å². The zero-order chi connectivity index (χ0) is 11.5. The molecule has 1 aliphatic carbocycles. The summed E-state index contributed by atoms with van der Waals surface area (Å²) in [5.41, 5.74) is -0.766. The number of rotatable bonds is 5. The quantitative estimate of drug-likeness (QED) is 0.728. The van der Waals surface area contributed by atoms with Crippen molar-refractivity contribution in [1.29, 1.82) is 0 Å². The van der Waals surface area contributed by atoms with Gasteiger partial charge in [-0.05, 0) is 26.2 Å². The van der Waals surface area contributed by atoms with Gasteiger partial charge in [-0.1, -0.05) is 13.3 Å². The predicted molar refractivity (Wildman–Crippen MR) is 56.4 cm³/mol. The highest BCUT2D eigenvalue weighted by Crippen LogP contribution is 2.44. The number of carbonyl (C=O) groups is 2. The molecule has 0 radical (unpaired) electrons. The molecule has 0 aliphatic heterocycles. The highest BCUT2D eigenvalue weighted by Gasteiger charge is 2.45. The maximum absolute atomic E-state index is 11.6. The van der Waals surface area contributed by atoms with E-state index in [0.717, 1.165) is 12.8 Å². The van der Waals surface area contributed by atoms with Gasteiger partial charge in [0.05, 0.1) is 5.41 Å². The van der Waals surface area contributed by atoms with Crippen LogP contribution in [-0.4, -0.2) is 23.0 Å². The van der Waals surface area contributed by atoms with Crippen LogP contribution in [0.5, 0.6) is 0 Å². The molecule has 4 heteroatoms. The molecule has 1 aliphatic rings. The summed E-state index contributed by atoms with van der Waals surface area (Å²) in [5, 5.41) is 11.9. The molecule has 0 spiro atoms. The number of nitrogens with one attached hydrogen (secondary N) is 1. The van der Waals surface area contributed by atoms with Gasteiger partial charge in [-0.25, -0.2) is 0 Å². The minimum Gasteiger partial charge on any atom is -0.481 e. The first-order valence-electron chi connectivity index (χ1n) is 5.53. The SMILES string of the molecule is CCC(C)NC(=O)CC1(C(=O)O)CCC1. The summed E-state index contributed by atoms with van der Waals surface area (Å²) >= 11 is 0. The molecule has 0 heterocycles. The summed E-state index contributed by atoms with van der Waals surface area (Å²) in [5.74, 6) is -0.959. The van der Waals surface area contributed by atoms with Crippen molar-refractivity contribution in [2.24, 2.45) is 5.41 Å². The highest BCUT2D eigenvalue weighted by molar-refractivity contribution is 5.85. The van der Waals surface area contributed by atoms with E-state index >= 15 is 0 Å². The standard InChI is InChI=1S/C11H19NO3/c1-3-8(2)12-9(13)7-11(10(14)15)5-4-6-11/h8H,3-7H2,1-2H3,(H,12,13)(H,14,15). The number of amides is 1. The van der Waals surface area contributed by atoms with E-state index in [4.69, 9.17) is 5.11 Å². The molecule has 0 aromatic rings. The number of carboxylic acid groups (broad SMARTS) is 1. The molecule has 1 unspecified atom stereocenters. The Bertz CT molecular complexity index is 259. The van der Waals surface area contributed by atoms with Crippen molar-refractivity contribution < 1.29 is 14.7 Å². The molecule has 0 bridgehead atoms. The lowest BCUT2D eigenvalue weighted by molar-refractivity contribution is -0.157. The van der Waals surface area contributed by atoms with Gasteiger partial charge in [0.2, 0.25) is 5.91 Å². The normalized spacial score (nSPS) is 20.1. The minimum atomic E-state index is -0.826. The number of carboxylic acids is 1. The van der Waals surface area contributed by atoms with Gasteiger partial charge in [-0.2, -0.15) is 0 Å². The third-order valence-corrected chi connectivity index (χ3v) is 3.28. The van der Waals surface area contributed by atoms with Crippen LogP contribution in [-0.2, 0) is 9.59 Å². The molecular weight excluding hydrogens is 194 g/mol. The van der Waals surface area contributed by atoms with Crippen LogP contribution in [0.25, 0.3) is 0 Å². The van der Waals surface area contributed by atoms with Crippen molar-refractivity contribution >= 4 is 11.9 Å². The molecule has 1 saturated carbocycles. The summed E-state index contributed by atoms with van der Waals surface area (Å²) in [7, 11) is 0. The van der Waals surface area contributed by atoms with Crippen LogP contribution in [0.2, 0.25) is 0 Å². The molecule has 4 nitrogen and oxygen atoms in total. The molecule has 2 N–H and O–H groups in total. The van der Waals surface area contributed by atoms with Crippen molar-refractivity contribution in [3.8, 4) is 0 Å².